The first-order chi connectivity index (χ1) is 9.70. The van der Waals surface area contributed by atoms with Crippen molar-refractivity contribution in [2.24, 2.45) is 5.73 Å². The molecule has 0 heterocycles. The molecule has 1 amide bonds. The average Bonchev–Trinajstić information content (AvgIpc) is 2.44. The number of rotatable bonds is 6. The molecule has 1 aliphatic carbocycles. The molecule has 1 rings (SSSR count). The van der Waals surface area contributed by atoms with Gasteiger partial charge in [0.1, 0.15) is 6.61 Å². The van der Waals surface area contributed by atoms with E-state index in [2.05, 4.69) is 5.32 Å². The molecular formula is C14H25F3N2O2. The largest absolute Gasteiger partial charge is 0.411 e. The maximum absolute atomic E-state index is 12.2. The van der Waals surface area contributed by atoms with Gasteiger partial charge in [-0.1, -0.05) is 13.8 Å². The molecule has 0 aromatic carbocycles. The molecule has 1 fully saturated rings. The summed E-state index contributed by atoms with van der Waals surface area (Å²) >= 11 is 0. The maximum atomic E-state index is 12.2. The summed E-state index contributed by atoms with van der Waals surface area (Å²) in [6, 6.07) is -0.162. The topological polar surface area (TPSA) is 64.4 Å². The standard InChI is InChI=1S/C14H25F3N2O2/c1-3-13(18,4-2)12(20)19-10-6-5-7-11(8-10)21-9-14(15,16)17/h10-11H,3-9,18H2,1-2H3,(H,19,20). The van der Waals surface area contributed by atoms with Gasteiger partial charge in [-0.25, -0.2) is 0 Å². The van der Waals surface area contributed by atoms with Crippen molar-refractivity contribution in [2.45, 2.75) is 76.2 Å². The van der Waals surface area contributed by atoms with E-state index < -0.39 is 24.4 Å². The molecule has 2 atom stereocenters. The van der Waals surface area contributed by atoms with Crippen molar-refractivity contribution < 1.29 is 22.7 Å². The summed E-state index contributed by atoms with van der Waals surface area (Å²) in [6.07, 6.45) is -1.23. The van der Waals surface area contributed by atoms with Crippen LogP contribution in [0.25, 0.3) is 0 Å². The van der Waals surface area contributed by atoms with Crippen molar-refractivity contribution in [3.63, 3.8) is 0 Å². The summed E-state index contributed by atoms with van der Waals surface area (Å²) < 4.78 is 41.4. The van der Waals surface area contributed by atoms with Gasteiger partial charge in [-0.2, -0.15) is 13.2 Å². The fourth-order valence-electron chi connectivity index (χ4n) is 2.54. The Balaban J connectivity index is 2.48. The van der Waals surface area contributed by atoms with Crippen molar-refractivity contribution in [1.29, 1.82) is 0 Å². The number of nitrogens with two attached hydrogens (primary N) is 1. The first-order valence-corrected chi connectivity index (χ1v) is 7.48. The van der Waals surface area contributed by atoms with E-state index >= 15 is 0 Å². The first kappa shape index (κ1) is 18.2. The quantitative estimate of drug-likeness (QED) is 0.792. The van der Waals surface area contributed by atoms with E-state index in [0.29, 0.717) is 25.7 Å². The van der Waals surface area contributed by atoms with Crippen molar-refractivity contribution in [3.05, 3.63) is 0 Å². The van der Waals surface area contributed by atoms with Crippen molar-refractivity contribution >= 4 is 5.91 Å². The van der Waals surface area contributed by atoms with Crippen LogP contribution in [0.3, 0.4) is 0 Å². The van der Waals surface area contributed by atoms with Crippen LogP contribution in [0, 0.1) is 0 Å². The molecule has 0 aromatic heterocycles. The van der Waals surface area contributed by atoms with Crippen LogP contribution in [-0.4, -0.2) is 36.4 Å². The molecule has 7 heteroatoms. The lowest BCUT2D eigenvalue weighted by molar-refractivity contribution is -0.188. The number of halogens is 3. The fraction of sp³-hybridized carbons (Fsp3) is 0.929. The lowest BCUT2D eigenvalue weighted by atomic mass is 9.89. The number of hydrogen-bond acceptors (Lipinski definition) is 3. The van der Waals surface area contributed by atoms with E-state index in [0.717, 1.165) is 12.8 Å². The molecule has 21 heavy (non-hydrogen) atoms. The minimum Gasteiger partial charge on any atom is -0.369 e. The summed E-state index contributed by atoms with van der Waals surface area (Å²) in [4.78, 5) is 12.2. The van der Waals surface area contributed by atoms with E-state index in [4.69, 9.17) is 10.5 Å². The normalized spacial score (nSPS) is 23.9. The van der Waals surface area contributed by atoms with Gasteiger partial charge in [0.25, 0.3) is 0 Å². The zero-order valence-corrected chi connectivity index (χ0v) is 12.6. The van der Waals surface area contributed by atoms with E-state index in [-0.39, 0.29) is 11.9 Å². The molecular weight excluding hydrogens is 285 g/mol. The highest BCUT2D eigenvalue weighted by molar-refractivity contribution is 5.86. The molecule has 1 saturated carbocycles. The number of nitrogens with one attached hydrogen (secondary N) is 1. The number of carbonyl (C=O) groups is 1. The van der Waals surface area contributed by atoms with Gasteiger partial charge in [0.15, 0.2) is 0 Å². The molecule has 0 spiro atoms. The molecule has 1 aliphatic rings. The minimum absolute atomic E-state index is 0.162. The van der Waals surface area contributed by atoms with Crippen molar-refractivity contribution in [1.82, 2.24) is 5.32 Å². The molecule has 2 unspecified atom stereocenters. The SMILES string of the molecule is CCC(N)(CC)C(=O)NC1CCCC(OCC(F)(F)F)C1. The van der Waals surface area contributed by atoms with E-state index in [1.54, 1.807) is 0 Å². The Kier molecular flexibility index (Phi) is 6.46. The number of ether oxygens (including phenoxy) is 1. The Hall–Kier alpha value is -0.820. The van der Waals surface area contributed by atoms with Crippen LogP contribution in [-0.2, 0) is 9.53 Å². The zero-order valence-electron chi connectivity index (χ0n) is 12.6. The second-order valence-electron chi connectivity index (χ2n) is 5.75. The third kappa shape index (κ3) is 5.82. The van der Waals surface area contributed by atoms with Gasteiger partial charge in [-0.3, -0.25) is 4.79 Å². The van der Waals surface area contributed by atoms with Gasteiger partial charge in [0.05, 0.1) is 11.6 Å². The Morgan fingerprint density at radius 3 is 2.43 bits per heavy atom. The van der Waals surface area contributed by atoms with Gasteiger partial charge in [-0.05, 0) is 38.5 Å². The highest BCUT2D eigenvalue weighted by Crippen LogP contribution is 2.25. The Bertz CT molecular complexity index is 344. The summed E-state index contributed by atoms with van der Waals surface area (Å²) in [7, 11) is 0. The Labute approximate surface area is 123 Å². The molecule has 0 radical (unpaired) electrons. The highest BCUT2D eigenvalue weighted by Gasteiger charge is 2.34. The van der Waals surface area contributed by atoms with Crippen LogP contribution in [0.5, 0.6) is 0 Å². The van der Waals surface area contributed by atoms with E-state index in [1.165, 1.54) is 0 Å². The van der Waals surface area contributed by atoms with Gasteiger partial charge in [0, 0.05) is 6.04 Å². The highest BCUT2D eigenvalue weighted by atomic mass is 19.4. The number of hydrogen-bond donors (Lipinski definition) is 2. The molecule has 4 nitrogen and oxygen atoms in total. The zero-order chi connectivity index (χ0) is 16.1. The maximum Gasteiger partial charge on any atom is 0.411 e. The van der Waals surface area contributed by atoms with Crippen molar-refractivity contribution in [2.75, 3.05) is 6.61 Å². The third-order valence-electron chi connectivity index (χ3n) is 4.16. The third-order valence-corrected chi connectivity index (χ3v) is 4.16. The Morgan fingerprint density at radius 2 is 1.90 bits per heavy atom. The van der Waals surface area contributed by atoms with Crippen LogP contribution < -0.4 is 11.1 Å². The molecule has 124 valence electrons. The molecule has 3 N–H and O–H groups in total. The van der Waals surface area contributed by atoms with Crippen molar-refractivity contribution in [3.8, 4) is 0 Å². The second-order valence-corrected chi connectivity index (χ2v) is 5.75. The monoisotopic (exact) mass is 310 g/mol. The van der Waals surface area contributed by atoms with Gasteiger partial charge in [-0.15, -0.1) is 0 Å². The van der Waals surface area contributed by atoms with Gasteiger partial charge >= 0.3 is 6.18 Å². The smallest absolute Gasteiger partial charge is 0.369 e. The average molecular weight is 310 g/mol. The molecule has 0 bridgehead atoms. The van der Waals surface area contributed by atoms with E-state index in [9.17, 15) is 18.0 Å². The molecule has 0 saturated heterocycles. The predicted octanol–water partition coefficient (Wildman–Crippen LogP) is 2.51. The second kappa shape index (κ2) is 7.45. The summed E-state index contributed by atoms with van der Waals surface area (Å²) in [5, 5.41) is 2.86. The van der Waals surface area contributed by atoms with E-state index in [1.807, 2.05) is 13.8 Å². The summed E-state index contributed by atoms with van der Waals surface area (Å²) in [5.74, 6) is -0.228. The number of alkyl halides is 3. The summed E-state index contributed by atoms with van der Waals surface area (Å²) in [5.41, 5.74) is 5.11. The minimum atomic E-state index is -4.31. The molecule has 0 aromatic rings. The first-order valence-electron chi connectivity index (χ1n) is 7.48. The molecule has 0 aliphatic heterocycles. The van der Waals surface area contributed by atoms with Gasteiger partial charge < -0.3 is 15.8 Å². The summed E-state index contributed by atoms with van der Waals surface area (Å²) in [6.45, 7) is 2.46. The van der Waals surface area contributed by atoms with Gasteiger partial charge in [0.2, 0.25) is 5.91 Å². The predicted molar refractivity (Wildman–Crippen MR) is 73.7 cm³/mol. The van der Waals surface area contributed by atoms with Crippen LogP contribution in [0.2, 0.25) is 0 Å². The van der Waals surface area contributed by atoms with Crippen LogP contribution >= 0.6 is 0 Å². The number of carbonyl (C=O) groups excluding carboxylic acids is 1. The van der Waals surface area contributed by atoms with Crippen LogP contribution in [0.1, 0.15) is 52.4 Å². The lowest BCUT2D eigenvalue weighted by Crippen LogP contribution is -2.56. The fourth-order valence-corrected chi connectivity index (χ4v) is 2.54. The van der Waals surface area contributed by atoms with Crippen LogP contribution in [0.15, 0.2) is 0 Å². The number of amides is 1. The lowest BCUT2D eigenvalue weighted by Gasteiger charge is -2.33. The Morgan fingerprint density at radius 1 is 1.29 bits per heavy atom. The van der Waals surface area contributed by atoms with Crippen LogP contribution in [0.4, 0.5) is 13.2 Å².